The van der Waals surface area contributed by atoms with Crippen LogP contribution in [-0.2, 0) is 6.54 Å². The Morgan fingerprint density at radius 3 is 2.73 bits per heavy atom. The van der Waals surface area contributed by atoms with Crippen LogP contribution in [0.25, 0.3) is 0 Å². The summed E-state index contributed by atoms with van der Waals surface area (Å²) in [4.78, 5) is 1.28. The molecule has 22 heavy (non-hydrogen) atoms. The van der Waals surface area contributed by atoms with E-state index in [0.717, 1.165) is 31.0 Å². The summed E-state index contributed by atoms with van der Waals surface area (Å²) in [5.74, 6) is 1.85. The largest absolute Gasteiger partial charge is 0.497 e. The van der Waals surface area contributed by atoms with Gasteiger partial charge in [0.25, 0.3) is 0 Å². The van der Waals surface area contributed by atoms with Gasteiger partial charge in [-0.1, -0.05) is 30.3 Å². The van der Waals surface area contributed by atoms with Gasteiger partial charge >= 0.3 is 0 Å². The van der Waals surface area contributed by atoms with Crippen molar-refractivity contribution >= 4 is 11.8 Å². The van der Waals surface area contributed by atoms with Crippen molar-refractivity contribution in [1.29, 1.82) is 0 Å². The minimum absolute atomic E-state index is 0.211. The van der Waals surface area contributed by atoms with Gasteiger partial charge in [-0.15, -0.1) is 11.8 Å². The first kappa shape index (κ1) is 16.9. The van der Waals surface area contributed by atoms with E-state index in [1.165, 1.54) is 10.5 Å². The molecular formula is C18H24N2OS. The number of hydrogen-bond donors (Lipinski definition) is 2. The van der Waals surface area contributed by atoms with Gasteiger partial charge < -0.3 is 15.8 Å². The quantitative estimate of drug-likeness (QED) is 0.550. The van der Waals surface area contributed by atoms with Crippen LogP contribution in [0, 0.1) is 0 Å². The van der Waals surface area contributed by atoms with Gasteiger partial charge in [0.15, 0.2) is 0 Å². The van der Waals surface area contributed by atoms with Crippen molar-refractivity contribution in [3.63, 3.8) is 0 Å². The number of thioether (sulfide) groups is 1. The first-order chi connectivity index (χ1) is 10.8. The number of methoxy groups -OCH3 is 1. The number of rotatable bonds is 9. The minimum Gasteiger partial charge on any atom is -0.497 e. The van der Waals surface area contributed by atoms with Crippen LogP contribution in [0.2, 0.25) is 0 Å². The number of ether oxygens (including phenoxy) is 1. The Morgan fingerprint density at radius 2 is 1.95 bits per heavy atom. The Labute approximate surface area is 137 Å². The zero-order chi connectivity index (χ0) is 15.6. The highest BCUT2D eigenvalue weighted by atomic mass is 32.2. The van der Waals surface area contributed by atoms with Crippen LogP contribution in [0.4, 0.5) is 0 Å². The lowest BCUT2D eigenvalue weighted by Gasteiger charge is -2.12. The molecule has 118 valence electrons. The van der Waals surface area contributed by atoms with E-state index in [2.05, 4.69) is 41.7 Å². The fourth-order valence-corrected chi connectivity index (χ4v) is 3.03. The molecule has 3 N–H and O–H groups in total. The Balaban J connectivity index is 1.61. The maximum atomic E-state index is 6.17. The lowest BCUT2D eigenvalue weighted by molar-refractivity contribution is 0.414. The van der Waals surface area contributed by atoms with Crippen LogP contribution in [0.3, 0.4) is 0 Å². The van der Waals surface area contributed by atoms with Gasteiger partial charge in [0.2, 0.25) is 0 Å². The molecule has 0 aliphatic heterocycles. The van der Waals surface area contributed by atoms with E-state index in [1.54, 1.807) is 7.11 Å². The van der Waals surface area contributed by atoms with E-state index >= 15 is 0 Å². The van der Waals surface area contributed by atoms with Crippen LogP contribution < -0.4 is 15.8 Å². The highest BCUT2D eigenvalue weighted by Crippen LogP contribution is 2.18. The maximum absolute atomic E-state index is 6.17. The van der Waals surface area contributed by atoms with Crippen molar-refractivity contribution in [2.75, 3.05) is 19.4 Å². The van der Waals surface area contributed by atoms with Crippen LogP contribution in [0.5, 0.6) is 5.75 Å². The fraction of sp³-hybridized carbons (Fsp3) is 0.333. The van der Waals surface area contributed by atoms with Gasteiger partial charge in [0.1, 0.15) is 5.75 Å². The molecule has 0 amide bonds. The van der Waals surface area contributed by atoms with E-state index < -0.39 is 0 Å². The molecule has 0 saturated carbocycles. The molecule has 0 aromatic heterocycles. The molecule has 2 aromatic carbocycles. The summed E-state index contributed by atoms with van der Waals surface area (Å²) in [6, 6.07) is 18.7. The fourth-order valence-electron chi connectivity index (χ4n) is 2.11. The molecule has 0 aliphatic carbocycles. The van der Waals surface area contributed by atoms with Crippen molar-refractivity contribution in [1.82, 2.24) is 5.32 Å². The maximum Gasteiger partial charge on any atom is 0.119 e. The average Bonchev–Trinajstić information content (AvgIpc) is 2.58. The summed E-state index contributed by atoms with van der Waals surface area (Å²) >= 11 is 1.82. The molecular weight excluding hydrogens is 292 g/mol. The molecule has 1 atom stereocenters. The van der Waals surface area contributed by atoms with Gasteiger partial charge in [0.05, 0.1) is 7.11 Å². The molecule has 0 spiro atoms. The zero-order valence-electron chi connectivity index (χ0n) is 13.0. The lowest BCUT2D eigenvalue weighted by atomic mass is 10.2. The molecule has 0 unspecified atom stereocenters. The van der Waals surface area contributed by atoms with Crippen molar-refractivity contribution in [2.45, 2.75) is 23.9 Å². The SMILES string of the molecule is COc1cccc(CNCC[C@@H](N)CSc2ccccc2)c1. The molecule has 0 bridgehead atoms. The van der Waals surface area contributed by atoms with E-state index in [-0.39, 0.29) is 6.04 Å². The van der Waals surface area contributed by atoms with Crippen molar-refractivity contribution < 1.29 is 4.74 Å². The van der Waals surface area contributed by atoms with Crippen molar-refractivity contribution in [2.24, 2.45) is 5.73 Å². The van der Waals surface area contributed by atoms with Gasteiger partial charge in [-0.25, -0.2) is 0 Å². The van der Waals surface area contributed by atoms with E-state index in [9.17, 15) is 0 Å². The Morgan fingerprint density at radius 1 is 1.14 bits per heavy atom. The summed E-state index contributed by atoms with van der Waals surface area (Å²) < 4.78 is 5.22. The monoisotopic (exact) mass is 316 g/mol. The number of nitrogens with one attached hydrogen (secondary N) is 1. The molecule has 2 rings (SSSR count). The highest BCUT2D eigenvalue weighted by Gasteiger charge is 2.03. The molecule has 2 aromatic rings. The zero-order valence-corrected chi connectivity index (χ0v) is 13.8. The molecule has 0 aliphatic rings. The van der Waals surface area contributed by atoms with Crippen LogP contribution >= 0.6 is 11.8 Å². The van der Waals surface area contributed by atoms with Gasteiger partial charge in [-0.2, -0.15) is 0 Å². The van der Waals surface area contributed by atoms with Crippen molar-refractivity contribution in [3.05, 3.63) is 60.2 Å². The Hall–Kier alpha value is -1.49. The molecule has 0 fully saturated rings. The van der Waals surface area contributed by atoms with Crippen LogP contribution in [-0.4, -0.2) is 25.4 Å². The molecule has 4 heteroatoms. The van der Waals surface area contributed by atoms with E-state index in [0.29, 0.717) is 0 Å². The lowest BCUT2D eigenvalue weighted by Crippen LogP contribution is -2.28. The summed E-state index contributed by atoms with van der Waals surface area (Å²) in [7, 11) is 1.69. The second kappa shape index (κ2) is 9.51. The van der Waals surface area contributed by atoms with Gasteiger partial charge in [0, 0.05) is 23.2 Å². The van der Waals surface area contributed by atoms with Gasteiger partial charge in [-0.05, 0) is 42.8 Å². The summed E-state index contributed by atoms with van der Waals surface area (Å²) in [5, 5.41) is 3.44. The number of nitrogens with two attached hydrogens (primary N) is 1. The minimum atomic E-state index is 0.211. The third kappa shape index (κ3) is 6.10. The third-order valence-corrected chi connectivity index (χ3v) is 4.56. The van der Waals surface area contributed by atoms with E-state index in [1.807, 2.05) is 30.0 Å². The first-order valence-electron chi connectivity index (χ1n) is 7.55. The predicted octanol–water partition coefficient (Wildman–Crippen LogP) is 3.29. The van der Waals surface area contributed by atoms with Crippen molar-refractivity contribution in [3.8, 4) is 5.75 Å². The standard InChI is InChI=1S/C18H24N2OS/c1-21-17-7-5-6-15(12-17)13-20-11-10-16(19)14-22-18-8-3-2-4-9-18/h2-9,12,16,20H,10-11,13-14,19H2,1H3/t16-/m1/s1. The second-order valence-electron chi connectivity index (χ2n) is 5.20. The first-order valence-corrected chi connectivity index (χ1v) is 8.53. The average molecular weight is 316 g/mol. The number of benzene rings is 2. The van der Waals surface area contributed by atoms with E-state index in [4.69, 9.17) is 10.5 Å². The second-order valence-corrected chi connectivity index (χ2v) is 6.29. The molecule has 3 nitrogen and oxygen atoms in total. The van der Waals surface area contributed by atoms with Crippen LogP contribution in [0.1, 0.15) is 12.0 Å². The Bertz CT molecular complexity index is 548. The third-order valence-electron chi connectivity index (χ3n) is 3.36. The smallest absolute Gasteiger partial charge is 0.119 e. The topological polar surface area (TPSA) is 47.3 Å². The molecule has 0 saturated heterocycles. The van der Waals surface area contributed by atoms with Gasteiger partial charge in [-0.3, -0.25) is 0 Å². The number of hydrogen-bond acceptors (Lipinski definition) is 4. The summed E-state index contributed by atoms with van der Waals surface area (Å²) in [5.41, 5.74) is 7.39. The highest BCUT2D eigenvalue weighted by molar-refractivity contribution is 7.99. The predicted molar refractivity (Wildman–Crippen MR) is 94.5 cm³/mol. The summed E-state index contributed by atoms with van der Waals surface area (Å²) in [6.07, 6.45) is 0.976. The Kier molecular flexibility index (Phi) is 7.30. The molecule has 0 heterocycles. The normalized spacial score (nSPS) is 12.1. The molecule has 0 radical (unpaired) electrons. The summed E-state index contributed by atoms with van der Waals surface area (Å²) in [6.45, 7) is 1.77. The van der Waals surface area contributed by atoms with Crippen LogP contribution in [0.15, 0.2) is 59.5 Å².